The standard InChI is InChI=1S/C55H54ClF6N9O5/c1-32-21-41(69(24-35-9-15-38(73-4)16-10-35)25-36-11-17-39(74-5)18-12-36)68-48(45(32)55(60,61)62)43-46(56)49-44-50(47(43)57)76-42(75-29-53-19-6-20-70(53)28-54(58,59)27-53)26-71(52(44)67-31-65-49)33(2)40-23-63-30-66-51(40)64-22-34-7-13-37(72-3)14-8-34/h7-18,21,23,26,30,33,67H,6,19-20,22,24-25,27-29,31H2,1-5H3,(H,63,64,66)/t33?,53-/m0/s1. The molecule has 0 saturated carbocycles. The van der Waals surface area contributed by atoms with Crippen molar-refractivity contribution in [3.8, 4) is 34.3 Å². The number of nitrogens with zero attached hydrogens (tertiary/aromatic N) is 7. The number of pyridine rings is 1. The molecule has 0 spiro atoms. The summed E-state index contributed by atoms with van der Waals surface area (Å²) in [7, 11) is 4.66. The molecule has 14 nitrogen and oxygen atoms in total. The molecular formula is C55H54ClF6N9O5. The van der Waals surface area contributed by atoms with Crippen molar-refractivity contribution < 1.29 is 50.0 Å². The predicted molar refractivity (Wildman–Crippen MR) is 273 cm³/mol. The normalized spacial score (nSPS) is 18.0. The van der Waals surface area contributed by atoms with Crippen LogP contribution in [-0.2, 0) is 30.5 Å². The molecule has 2 fully saturated rings. The van der Waals surface area contributed by atoms with Gasteiger partial charge >= 0.3 is 12.1 Å². The average Bonchev–Trinajstić information content (AvgIpc) is 3.93. The van der Waals surface area contributed by atoms with Crippen molar-refractivity contribution >= 4 is 29.1 Å². The molecule has 10 rings (SSSR count). The quantitative estimate of drug-likeness (QED) is 0.0842. The highest BCUT2D eigenvalue weighted by Gasteiger charge is 2.57. The van der Waals surface area contributed by atoms with Crippen LogP contribution in [0, 0.1) is 12.7 Å². The number of anilines is 2. The van der Waals surface area contributed by atoms with Crippen molar-refractivity contribution in [3.63, 3.8) is 0 Å². The molecule has 4 aliphatic heterocycles. The fourth-order valence-electron chi connectivity index (χ4n) is 10.5. The van der Waals surface area contributed by atoms with E-state index in [9.17, 15) is 0 Å². The Morgan fingerprint density at radius 1 is 0.921 bits per heavy atom. The van der Waals surface area contributed by atoms with Crippen LogP contribution in [0.15, 0.2) is 109 Å². The second kappa shape index (κ2) is 20.9. The van der Waals surface area contributed by atoms with Gasteiger partial charge in [0.15, 0.2) is 11.6 Å². The minimum atomic E-state index is -5.06. The Kier molecular flexibility index (Phi) is 14.3. The molecular weight excluding hydrogens is 1020 g/mol. The maximum absolute atomic E-state index is 18.3. The molecule has 4 aliphatic rings. The summed E-state index contributed by atoms with van der Waals surface area (Å²) in [4.78, 5) is 23.4. The number of aryl methyl sites for hydroxylation is 1. The molecule has 2 N–H and O–H groups in total. The number of rotatable bonds is 17. The van der Waals surface area contributed by atoms with Gasteiger partial charge in [-0.05, 0) is 98.0 Å². The van der Waals surface area contributed by atoms with E-state index in [1.165, 1.54) is 25.5 Å². The average molecular weight is 1070 g/mol. The number of hydrogen-bond donors (Lipinski definition) is 2. The maximum Gasteiger partial charge on any atom is 0.418 e. The lowest BCUT2D eigenvalue weighted by Crippen LogP contribution is -2.45. The maximum atomic E-state index is 18.3. The third-order valence-electron chi connectivity index (χ3n) is 14.3. The molecule has 1 unspecified atom stereocenters. The Morgan fingerprint density at radius 2 is 1.55 bits per heavy atom. The zero-order chi connectivity index (χ0) is 53.5. The van der Waals surface area contributed by atoms with Gasteiger partial charge in [0.2, 0.25) is 0 Å². The summed E-state index contributed by atoms with van der Waals surface area (Å²) in [5.74, 6) is -2.55. The fourth-order valence-corrected chi connectivity index (χ4v) is 10.9. The lowest BCUT2D eigenvalue weighted by molar-refractivity contribution is -0.137. The Labute approximate surface area is 439 Å². The number of alkyl halides is 5. The van der Waals surface area contributed by atoms with E-state index in [1.807, 2.05) is 55.5 Å². The van der Waals surface area contributed by atoms with Crippen molar-refractivity contribution in [2.45, 2.75) is 76.4 Å². The van der Waals surface area contributed by atoms with Gasteiger partial charge in [-0.1, -0.05) is 48.0 Å². The van der Waals surface area contributed by atoms with E-state index >= 15 is 26.3 Å². The molecule has 0 aliphatic carbocycles. The second-order valence-corrected chi connectivity index (χ2v) is 19.6. The molecule has 21 heteroatoms. The van der Waals surface area contributed by atoms with Crippen LogP contribution in [-0.4, -0.2) is 83.9 Å². The van der Waals surface area contributed by atoms with Crippen molar-refractivity contribution in [2.75, 3.05) is 57.9 Å². The second-order valence-electron chi connectivity index (χ2n) is 19.2. The highest BCUT2D eigenvalue weighted by molar-refractivity contribution is 6.33. The topological polar surface area (TPSA) is 131 Å². The number of fused-ring (bicyclic) bond motifs is 1. The van der Waals surface area contributed by atoms with Crippen molar-refractivity contribution in [2.24, 2.45) is 4.99 Å². The van der Waals surface area contributed by atoms with Gasteiger partial charge in [-0.15, -0.1) is 0 Å². The molecule has 0 amide bonds. The zero-order valence-electron chi connectivity index (χ0n) is 42.2. The van der Waals surface area contributed by atoms with Crippen LogP contribution < -0.4 is 45.1 Å². The number of hydrogen-bond acceptors (Lipinski definition) is 14. The van der Waals surface area contributed by atoms with E-state index in [1.54, 1.807) is 66.5 Å². The molecule has 6 heterocycles. The molecule has 76 heavy (non-hydrogen) atoms. The molecule has 2 saturated heterocycles. The summed E-state index contributed by atoms with van der Waals surface area (Å²) in [5.41, 5.74) is -1.04. The number of ether oxygens (including phenoxy) is 5. The fraction of sp³-hybridized carbons (Fsp3) is 0.345. The summed E-state index contributed by atoms with van der Waals surface area (Å²) < 4.78 is 124. The summed E-state index contributed by atoms with van der Waals surface area (Å²) in [6, 6.07) is 22.5. The first-order valence-electron chi connectivity index (χ1n) is 24.5. The lowest BCUT2D eigenvalue weighted by atomic mass is 9.94. The van der Waals surface area contributed by atoms with Gasteiger partial charge in [0, 0.05) is 37.8 Å². The van der Waals surface area contributed by atoms with Crippen LogP contribution >= 0.6 is 11.6 Å². The first-order chi connectivity index (χ1) is 36.5. The predicted octanol–water partition coefficient (Wildman–Crippen LogP) is 9.89. The summed E-state index contributed by atoms with van der Waals surface area (Å²) in [6.07, 6.45) is -0.0198. The molecule has 398 valence electrons. The number of benzene rings is 4. The number of methoxy groups -OCH3 is 3. The van der Waals surface area contributed by atoms with E-state index < -0.39 is 70.1 Å². The van der Waals surface area contributed by atoms with Gasteiger partial charge in [-0.3, -0.25) is 9.89 Å². The highest BCUT2D eigenvalue weighted by Crippen LogP contribution is 2.48. The van der Waals surface area contributed by atoms with Gasteiger partial charge in [0.25, 0.3) is 5.92 Å². The van der Waals surface area contributed by atoms with Crippen LogP contribution in [0.4, 0.5) is 38.0 Å². The van der Waals surface area contributed by atoms with Crippen LogP contribution in [0.25, 0.3) is 17.1 Å². The van der Waals surface area contributed by atoms with E-state index in [0.717, 1.165) is 16.7 Å². The van der Waals surface area contributed by atoms with Gasteiger partial charge < -0.3 is 44.1 Å². The molecule has 2 aromatic heterocycles. The third-order valence-corrected chi connectivity index (χ3v) is 14.7. The van der Waals surface area contributed by atoms with Crippen molar-refractivity contribution in [3.05, 3.63) is 158 Å². The third kappa shape index (κ3) is 10.3. The molecule has 0 radical (unpaired) electrons. The van der Waals surface area contributed by atoms with Gasteiger partial charge in [-0.25, -0.2) is 28.1 Å². The lowest BCUT2D eigenvalue weighted by Gasteiger charge is -2.32. The molecule has 4 aromatic carbocycles. The monoisotopic (exact) mass is 1070 g/mol. The first kappa shape index (κ1) is 52.0. The Balaban J connectivity index is 1.12. The first-order valence-corrected chi connectivity index (χ1v) is 24.9. The smallest absolute Gasteiger partial charge is 0.418 e. The number of nitrogens with one attached hydrogen (secondary N) is 2. The van der Waals surface area contributed by atoms with E-state index in [0.29, 0.717) is 54.6 Å². The summed E-state index contributed by atoms with van der Waals surface area (Å²) in [6.45, 7) is 3.36. The van der Waals surface area contributed by atoms with Crippen LogP contribution in [0.1, 0.15) is 65.6 Å². The van der Waals surface area contributed by atoms with Gasteiger partial charge in [0.05, 0.1) is 78.1 Å². The van der Waals surface area contributed by atoms with Crippen LogP contribution in [0.3, 0.4) is 0 Å². The van der Waals surface area contributed by atoms with Crippen LogP contribution in [0.2, 0.25) is 5.02 Å². The largest absolute Gasteiger partial charge is 0.497 e. The highest BCUT2D eigenvalue weighted by atomic mass is 35.5. The summed E-state index contributed by atoms with van der Waals surface area (Å²) >= 11 is 7.26. The Hall–Kier alpha value is -7.45. The van der Waals surface area contributed by atoms with Gasteiger partial charge in [0.1, 0.15) is 54.3 Å². The number of halogens is 7. The molecule has 2 atom stereocenters. The van der Waals surface area contributed by atoms with Crippen molar-refractivity contribution in [1.29, 1.82) is 0 Å². The minimum absolute atomic E-state index is 0.0288. The minimum Gasteiger partial charge on any atom is -0.497 e. The van der Waals surface area contributed by atoms with E-state index in [-0.39, 0.29) is 60.1 Å². The molecule has 0 bridgehead atoms. The van der Waals surface area contributed by atoms with E-state index in [2.05, 4.69) is 30.6 Å². The van der Waals surface area contributed by atoms with Crippen molar-refractivity contribution in [1.82, 2.24) is 30.1 Å². The summed E-state index contributed by atoms with van der Waals surface area (Å²) in [5, 5.41) is 6.03. The Morgan fingerprint density at radius 3 is 2.17 bits per heavy atom. The zero-order valence-corrected chi connectivity index (χ0v) is 43.0. The van der Waals surface area contributed by atoms with Crippen LogP contribution in [0.5, 0.6) is 23.0 Å². The van der Waals surface area contributed by atoms with Gasteiger partial charge in [-0.2, -0.15) is 13.2 Å². The SMILES string of the molecule is COc1ccc(CNc2ncncc2C(C)N2C=C(OC[C@@]34CCCN3CC(F)(F)C4)Oc3c(F)c(-c4nc(N(Cc5ccc(OC)cc5)Cc5ccc(OC)cc5)cc(C)c4C(F)(F)F)c(Cl)c4c3=C2NCN=4)cc1. The Bertz CT molecular complexity index is 3250. The van der Waals surface area contributed by atoms with E-state index in [4.69, 9.17) is 35.3 Å². The molecule has 6 aromatic rings. The number of aromatic nitrogens is 3.